The summed E-state index contributed by atoms with van der Waals surface area (Å²) < 4.78 is 0. The predicted octanol–water partition coefficient (Wildman–Crippen LogP) is 2.44. The molecular formula is C14H18N2O2. The van der Waals surface area contributed by atoms with Crippen LogP contribution in [0.25, 0.3) is 0 Å². The van der Waals surface area contributed by atoms with Crippen molar-refractivity contribution in [2.45, 2.75) is 26.2 Å². The minimum absolute atomic E-state index is 0.147. The highest BCUT2D eigenvalue weighted by molar-refractivity contribution is 5.67. The van der Waals surface area contributed by atoms with E-state index in [4.69, 9.17) is 10.4 Å². The van der Waals surface area contributed by atoms with Gasteiger partial charge in [-0.15, -0.1) is 0 Å². The summed E-state index contributed by atoms with van der Waals surface area (Å²) in [6.07, 6.45) is 1.18. The third-order valence-electron chi connectivity index (χ3n) is 2.78. The number of anilines is 1. The first-order chi connectivity index (χ1) is 8.67. The van der Waals surface area contributed by atoms with Crippen LogP contribution in [0.15, 0.2) is 24.3 Å². The molecule has 4 nitrogen and oxygen atoms in total. The van der Waals surface area contributed by atoms with E-state index in [1.165, 1.54) is 0 Å². The number of aliphatic carboxylic acids is 1. The number of carbonyl (C=O) groups is 1. The number of aryl methyl sites for hydroxylation is 1. The fourth-order valence-corrected chi connectivity index (χ4v) is 1.81. The standard InChI is InChI=1S/C14H18N2O2/c1-2-16(10-4-9-15)13-6-3-5-12(11-13)7-8-14(17)18/h3,5-6,11H,2,4,7-8,10H2,1H3,(H,17,18). The molecule has 18 heavy (non-hydrogen) atoms. The topological polar surface area (TPSA) is 64.3 Å². The maximum atomic E-state index is 10.5. The lowest BCUT2D eigenvalue weighted by molar-refractivity contribution is -0.136. The van der Waals surface area contributed by atoms with Gasteiger partial charge in [0.15, 0.2) is 0 Å². The minimum Gasteiger partial charge on any atom is -0.481 e. The van der Waals surface area contributed by atoms with E-state index < -0.39 is 5.97 Å². The monoisotopic (exact) mass is 246 g/mol. The Morgan fingerprint density at radius 3 is 2.89 bits per heavy atom. The van der Waals surface area contributed by atoms with Gasteiger partial charge in [-0.3, -0.25) is 4.79 Å². The molecule has 0 aliphatic rings. The second-order valence-corrected chi connectivity index (χ2v) is 4.05. The Bertz CT molecular complexity index is 438. The Balaban J connectivity index is 2.73. The van der Waals surface area contributed by atoms with Gasteiger partial charge < -0.3 is 10.0 Å². The molecule has 0 aliphatic carbocycles. The quantitative estimate of drug-likeness (QED) is 0.802. The maximum absolute atomic E-state index is 10.5. The zero-order valence-corrected chi connectivity index (χ0v) is 10.6. The average Bonchev–Trinajstić information content (AvgIpc) is 2.38. The first-order valence-electron chi connectivity index (χ1n) is 6.10. The molecule has 1 aromatic carbocycles. The average molecular weight is 246 g/mol. The molecule has 0 radical (unpaired) electrons. The molecule has 1 N–H and O–H groups in total. The van der Waals surface area contributed by atoms with Crippen molar-refractivity contribution >= 4 is 11.7 Å². The number of nitrogens with zero attached hydrogens (tertiary/aromatic N) is 2. The minimum atomic E-state index is -0.780. The van der Waals surface area contributed by atoms with Crippen LogP contribution in [0.2, 0.25) is 0 Å². The van der Waals surface area contributed by atoms with Crippen LogP contribution in [-0.2, 0) is 11.2 Å². The summed E-state index contributed by atoms with van der Waals surface area (Å²) in [5, 5.41) is 17.3. The first kappa shape index (κ1) is 14.0. The Hall–Kier alpha value is -2.02. The summed E-state index contributed by atoms with van der Waals surface area (Å²) in [7, 11) is 0. The van der Waals surface area contributed by atoms with Gasteiger partial charge in [0.25, 0.3) is 0 Å². The van der Waals surface area contributed by atoms with Crippen molar-refractivity contribution in [1.29, 1.82) is 5.26 Å². The van der Waals surface area contributed by atoms with Crippen LogP contribution >= 0.6 is 0 Å². The predicted molar refractivity (Wildman–Crippen MR) is 70.5 cm³/mol. The summed E-state index contributed by atoms with van der Waals surface area (Å²) in [6.45, 7) is 3.58. The van der Waals surface area contributed by atoms with Crippen molar-refractivity contribution in [3.63, 3.8) is 0 Å². The smallest absolute Gasteiger partial charge is 0.303 e. The van der Waals surface area contributed by atoms with Gasteiger partial charge in [0.2, 0.25) is 0 Å². The van der Waals surface area contributed by atoms with Crippen LogP contribution in [0.1, 0.15) is 25.3 Å². The van der Waals surface area contributed by atoms with E-state index >= 15 is 0 Å². The molecule has 0 aliphatic heterocycles. The molecule has 0 saturated carbocycles. The van der Waals surface area contributed by atoms with E-state index in [2.05, 4.69) is 11.0 Å². The lowest BCUT2D eigenvalue weighted by Crippen LogP contribution is -2.23. The van der Waals surface area contributed by atoms with Crippen LogP contribution in [0.4, 0.5) is 5.69 Å². The number of nitriles is 1. The van der Waals surface area contributed by atoms with Gasteiger partial charge in [0.05, 0.1) is 12.5 Å². The molecule has 0 bridgehead atoms. The van der Waals surface area contributed by atoms with Crippen LogP contribution < -0.4 is 4.90 Å². The number of benzene rings is 1. The van der Waals surface area contributed by atoms with Crippen LogP contribution in [0.5, 0.6) is 0 Å². The second-order valence-electron chi connectivity index (χ2n) is 4.05. The molecule has 0 heterocycles. The molecule has 0 atom stereocenters. The molecule has 0 unspecified atom stereocenters. The van der Waals surface area contributed by atoms with Crippen molar-refractivity contribution in [3.8, 4) is 6.07 Å². The summed E-state index contributed by atoms with van der Waals surface area (Å²) in [5.41, 5.74) is 2.07. The summed E-state index contributed by atoms with van der Waals surface area (Å²) in [4.78, 5) is 12.7. The zero-order chi connectivity index (χ0) is 13.4. The molecule has 0 amide bonds. The van der Waals surface area contributed by atoms with Crippen molar-refractivity contribution in [2.24, 2.45) is 0 Å². The lowest BCUT2D eigenvalue weighted by Gasteiger charge is -2.22. The van der Waals surface area contributed by atoms with E-state index in [0.29, 0.717) is 19.4 Å². The number of carboxylic acid groups (broad SMARTS) is 1. The van der Waals surface area contributed by atoms with Gasteiger partial charge in [-0.2, -0.15) is 5.26 Å². The normalized spacial score (nSPS) is 9.78. The molecular weight excluding hydrogens is 228 g/mol. The molecule has 0 aromatic heterocycles. The van der Waals surface area contributed by atoms with Gasteiger partial charge in [-0.05, 0) is 31.0 Å². The number of hydrogen-bond donors (Lipinski definition) is 1. The van der Waals surface area contributed by atoms with Crippen molar-refractivity contribution in [1.82, 2.24) is 0 Å². The van der Waals surface area contributed by atoms with Crippen molar-refractivity contribution in [3.05, 3.63) is 29.8 Å². The molecule has 1 rings (SSSR count). The van der Waals surface area contributed by atoms with Crippen molar-refractivity contribution < 1.29 is 9.90 Å². The Morgan fingerprint density at radius 2 is 2.28 bits per heavy atom. The molecule has 0 spiro atoms. The van der Waals surface area contributed by atoms with Crippen LogP contribution in [0, 0.1) is 11.3 Å². The third kappa shape index (κ3) is 4.46. The molecule has 0 fully saturated rings. The van der Waals surface area contributed by atoms with E-state index in [1.54, 1.807) is 0 Å². The molecule has 96 valence electrons. The fourth-order valence-electron chi connectivity index (χ4n) is 1.81. The fraction of sp³-hybridized carbons (Fsp3) is 0.429. The first-order valence-corrected chi connectivity index (χ1v) is 6.10. The Kier molecular flexibility index (Phi) is 5.72. The Labute approximate surface area is 107 Å². The molecule has 1 aromatic rings. The third-order valence-corrected chi connectivity index (χ3v) is 2.78. The Morgan fingerprint density at radius 1 is 1.50 bits per heavy atom. The molecule has 4 heteroatoms. The number of rotatable bonds is 7. The SMILES string of the molecule is CCN(CCC#N)c1cccc(CCC(=O)O)c1. The van der Waals surface area contributed by atoms with E-state index in [0.717, 1.165) is 17.8 Å². The lowest BCUT2D eigenvalue weighted by atomic mass is 10.1. The second kappa shape index (κ2) is 7.33. The highest BCUT2D eigenvalue weighted by Gasteiger charge is 2.05. The van der Waals surface area contributed by atoms with Crippen molar-refractivity contribution in [2.75, 3.05) is 18.0 Å². The number of hydrogen-bond acceptors (Lipinski definition) is 3. The zero-order valence-electron chi connectivity index (χ0n) is 10.6. The highest BCUT2D eigenvalue weighted by atomic mass is 16.4. The van der Waals surface area contributed by atoms with Gasteiger partial charge in [-0.25, -0.2) is 0 Å². The summed E-state index contributed by atoms with van der Waals surface area (Å²) >= 11 is 0. The number of carboxylic acids is 1. The van der Waals surface area contributed by atoms with Gasteiger partial charge in [0.1, 0.15) is 0 Å². The summed E-state index contributed by atoms with van der Waals surface area (Å²) in [5.74, 6) is -0.780. The van der Waals surface area contributed by atoms with Gasteiger partial charge in [-0.1, -0.05) is 12.1 Å². The summed E-state index contributed by atoms with van der Waals surface area (Å²) in [6, 6.07) is 10.00. The van der Waals surface area contributed by atoms with E-state index in [1.807, 2.05) is 31.2 Å². The molecule has 0 saturated heterocycles. The largest absolute Gasteiger partial charge is 0.481 e. The van der Waals surface area contributed by atoms with E-state index in [9.17, 15) is 4.79 Å². The van der Waals surface area contributed by atoms with E-state index in [-0.39, 0.29) is 6.42 Å². The van der Waals surface area contributed by atoms with Gasteiger partial charge >= 0.3 is 5.97 Å². The maximum Gasteiger partial charge on any atom is 0.303 e. The van der Waals surface area contributed by atoms with Gasteiger partial charge in [0, 0.05) is 25.2 Å². The van der Waals surface area contributed by atoms with Crippen LogP contribution in [0.3, 0.4) is 0 Å². The van der Waals surface area contributed by atoms with Crippen LogP contribution in [-0.4, -0.2) is 24.2 Å². The highest BCUT2D eigenvalue weighted by Crippen LogP contribution is 2.17.